The van der Waals surface area contributed by atoms with E-state index in [4.69, 9.17) is 9.47 Å². The summed E-state index contributed by atoms with van der Waals surface area (Å²) < 4.78 is 11.4. The molecule has 0 aliphatic carbocycles. The third-order valence-electron chi connectivity index (χ3n) is 4.57. The summed E-state index contributed by atoms with van der Waals surface area (Å²) in [6.45, 7) is 6.70. The highest BCUT2D eigenvalue weighted by atomic mass is 16.5. The Balaban J connectivity index is 1.47. The third-order valence-corrected chi connectivity index (χ3v) is 4.57. The van der Waals surface area contributed by atoms with Crippen molar-refractivity contribution < 1.29 is 9.47 Å². The molecule has 0 spiro atoms. The van der Waals surface area contributed by atoms with Crippen molar-refractivity contribution in [2.75, 3.05) is 13.2 Å². The normalized spacial score (nSPS) is 18.5. The lowest BCUT2D eigenvalue weighted by Crippen LogP contribution is -2.18. The zero-order valence-corrected chi connectivity index (χ0v) is 14.6. The lowest BCUT2D eigenvalue weighted by Gasteiger charge is -2.16. The Bertz CT molecular complexity index is 615. The van der Waals surface area contributed by atoms with Crippen LogP contribution in [0.3, 0.4) is 0 Å². The molecular formula is C21H27NO2. The summed E-state index contributed by atoms with van der Waals surface area (Å²) >= 11 is 0. The van der Waals surface area contributed by atoms with E-state index in [0.29, 0.717) is 12.6 Å². The van der Waals surface area contributed by atoms with Crippen molar-refractivity contribution in [1.82, 2.24) is 5.32 Å². The summed E-state index contributed by atoms with van der Waals surface area (Å²) in [5.74, 6) is 0.917. The molecule has 2 aromatic carbocycles. The molecule has 1 aliphatic heterocycles. The first kappa shape index (κ1) is 17.0. The summed E-state index contributed by atoms with van der Waals surface area (Å²) in [4.78, 5) is 0. The molecule has 128 valence electrons. The standard InChI is InChI=1S/C21H27NO2/c1-16-5-7-18(8-6-16)14-22-17(2)19-9-11-20(12-10-19)24-15-21-4-3-13-23-21/h5-12,17,21-22H,3-4,13-15H2,1-2H3. The van der Waals surface area contributed by atoms with E-state index in [-0.39, 0.29) is 6.10 Å². The van der Waals surface area contributed by atoms with Crippen molar-refractivity contribution in [2.24, 2.45) is 0 Å². The van der Waals surface area contributed by atoms with E-state index < -0.39 is 0 Å². The van der Waals surface area contributed by atoms with Gasteiger partial charge in [-0.05, 0) is 49.9 Å². The molecule has 1 fully saturated rings. The molecule has 0 amide bonds. The van der Waals surface area contributed by atoms with Gasteiger partial charge >= 0.3 is 0 Å². The van der Waals surface area contributed by atoms with Crippen LogP contribution in [0.1, 0.15) is 42.5 Å². The molecular weight excluding hydrogens is 298 g/mol. The van der Waals surface area contributed by atoms with Gasteiger partial charge in [0.25, 0.3) is 0 Å². The SMILES string of the molecule is Cc1ccc(CNC(C)c2ccc(OCC3CCCO3)cc2)cc1. The number of ether oxygens (including phenoxy) is 2. The van der Waals surface area contributed by atoms with E-state index >= 15 is 0 Å². The summed E-state index contributed by atoms with van der Waals surface area (Å²) in [5.41, 5.74) is 3.88. The van der Waals surface area contributed by atoms with E-state index in [9.17, 15) is 0 Å². The van der Waals surface area contributed by atoms with E-state index in [0.717, 1.165) is 31.7 Å². The number of nitrogens with one attached hydrogen (secondary N) is 1. The molecule has 1 aliphatic rings. The molecule has 3 heteroatoms. The highest BCUT2D eigenvalue weighted by molar-refractivity contribution is 5.29. The second-order valence-corrected chi connectivity index (χ2v) is 6.60. The molecule has 2 unspecified atom stereocenters. The maximum Gasteiger partial charge on any atom is 0.119 e. The van der Waals surface area contributed by atoms with Gasteiger partial charge in [0.15, 0.2) is 0 Å². The predicted octanol–water partition coefficient (Wildman–Crippen LogP) is 4.40. The Morgan fingerprint density at radius 3 is 2.54 bits per heavy atom. The molecule has 1 heterocycles. The minimum absolute atomic E-state index is 0.264. The minimum Gasteiger partial charge on any atom is -0.491 e. The summed E-state index contributed by atoms with van der Waals surface area (Å²) in [6.07, 6.45) is 2.52. The van der Waals surface area contributed by atoms with Gasteiger partial charge in [0.2, 0.25) is 0 Å². The summed E-state index contributed by atoms with van der Waals surface area (Å²) in [7, 11) is 0. The molecule has 1 saturated heterocycles. The van der Waals surface area contributed by atoms with E-state index in [2.05, 4.69) is 55.6 Å². The summed E-state index contributed by atoms with van der Waals surface area (Å²) in [5, 5.41) is 3.57. The average molecular weight is 325 g/mol. The van der Waals surface area contributed by atoms with Crippen LogP contribution in [0.2, 0.25) is 0 Å². The van der Waals surface area contributed by atoms with Crippen LogP contribution in [0.25, 0.3) is 0 Å². The van der Waals surface area contributed by atoms with Crippen LogP contribution in [0.5, 0.6) is 5.75 Å². The Labute approximate surface area is 145 Å². The van der Waals surface area contributed by atoms with Gasteiger partial charge in [-0.2, -0.15) is 0 Å². The molecule has 0 saturated carbocycles. The first-order valence-electron chi connectivity index (χ1n) is 8.84. The van der Waals surface area contributed by atoms with Gasteiger partial charge in [0, 0.05) is 19.2 Å². The van der Waals surface area contributed by atoms with Crippen LogP contribution < -0.4 is 10.1 Å². The van der Waals surface area contributed by atoms with Gasteiger partial charge in [-0.1, -0.05) is 42.0 Å². The molecule has 0 radical (unpaired) electrons. The maximum absolute atomic E-state index is 5.82. The van der Waals surface area contributed by atoms with Gasteiger partial charge in [-0.3, -0.25) is 0 Å². The fourth-order valence-corrected chi connectivity index (χ4v) is 2.91. The fraction of sp³-hybridized carbons (Fsp3) is 0.429. The number of hydrogen-bond donors (Lipinski definition) is 1. The Hall–Kier alpha value is -1.84. The molecule has 3 nitrogen and oxygen atoms in total. The van der Waals surface area contributed by atoms with Gasteiger partial charge < -0.3 is 14.8 Å². The molecule has 3 rings (SSSR count). The third kappa shape index (κ3) is 4.83. The predicted molar refractivity (Wildman–Crippen MR) is 97.3 cm³/mol. The monoisotopic (exact) mass is 325 g/mol. The van der Waals surface area contributed by atoms with E-state index in [1.165, 1.54) is 16.7 Å². The Kier molecular flexibility index (Phi) is 5.89. The van der Waals surface area contributed by atoms with Gasteiger partial charge in [-0.25, -0.2) is 0 Å². The van der Waals surface area contributed by atoms with Crippen LogP contribution in [0, 0.1) is 6.92 Å². The van der Waals surface area contributed by atoms with Crippen molar-refractivity contribution in [1.29, 1.82) is 0 Å². The first-order chi connectivity index (χ1) is 11.7. The number of rotatable bonds is 7. The Morgan fingerprint density at radius 2 is 1.88 bits per heavy atom. The van der Waals surface area contributed by atoms with E-state index in [1.54, 1.807) is 0 Å². The van der Waals surface area contributed by atoms with Crippen LogP contribution >= 0.6 is 0 Å². The van der Waals surface area contributed by atoms with Crippen molar-refractivity contribution in [2.45, 2.75) is 45.4 Å². The van der Waals surface area contributed by atoms with Crippen molar-refractivity contribution in [3.05, 3.63) is 65.2 Å². The molecule has 2 aromatic rings. The highest BCUT2D eigenvalue weighted by Crippen LogP contribution is 2.20. The van der Waals surface area contributed by atoms with Crippen LogP contribution in [-0.4, -0.2) is 19.3 Å². The van der Waals surface area contributed by atoms with Gasteiger partial charge in [0.05, 0.1) is 6.10 Å². The zero-order chi connectivity index (χ0) is 16.8. The number of aryl methyl sites for hydroxylation is 1. The summed E-state index contributed by atoms with van der Waals surface area (Å²) in [6, 6.07) is 17.3. The van der Waals surface area contributed by atoms with E-state index in [1.807, 2.05) is 12.1 Å². The maximum atomic E-state index is 5.82. The molecule has 1 N–H and O–H groups in total. The topological polar surface area (TPSA) is 30.5 Å². The fourth-order valence-electron chi connectivity index (χ4n) is 2.91. The van der Waals surface area contributed by atoms with Gasteiger partial charge in [-0.15, -0.1) is 0 Å². The van der Waals surface area contributed by atoms with Crippen molar-refractivity contribution in [3.63, 3.8) is 0 Å². The molecule has 0 aromatic heterocycles. The molecule has 0 bridgehead atoms. The van der Waals surface area contributed by atoms with Crippen LogP contribution in [0.4, 0.5) is 0 Å². The smallest absolute Gasteiger partial charge is 0.119 e. The first-order valence-corrected chi connectivity index (χ1v) is 8.84. The van der Waals surface area contributed by atoms with Crippen molar-refractivity contribution >= 4 is 0 Å². The number of benzene rings is 2. The zero-order valence-electron chi connectivity index (χ0n) is 14.6. The Morgan fingerprint density at radius 1 is 1.12 bits per heavy atom. The average Bonchev–Trinajstić information content (AvgIpc) is 3.13. The largest absolute Gasteiger partial charge is 0.491 e. The minimum atomic E-state index is 0.264. The van der Waals surface area contributed by atoms with Crippen LogP contribution in [-0.2, 0) is 11.3 Å². The van der Waals surface area contributed by atoms with Crippen LogP contribution in [0.15, 0.2) is 48.5 Å². The quantitative estimate of drug-likeness (QED) is 0.818. The molecule has 24 heavy (non-hydrogen) atoms. The molecule has 2 atom stereocenters. The van der Waals surface area contributed by atoms with Crippen molar-refractivity contribution in [3.8, 4) is 5.75 Å². The second-order valence-electron chi connectivity index (χ2n) is 6.60. The lowest BCUT2D eigenvalue weighted by molar-refractivity contribution is 0.0679. The second kappa shape index (κ2) is 8.32. The lowest BCUT2D eigenvalue weighted by atomic mass is 10.1. The number of hydrogen-bond acceptors (Lipinski definition) is 3. The highest BCUT2D eigenvalue weighted by Gasteiger charge is 2.16. The van der Waals surface area contributed by atoms with Gasteiger partial charge in [0.1, 0.15) is 12.4 Å².